The third-order valence-electron chi connectivity index (χ3n) is 3.35. The molecule has 1 aliphatic rings. The van der Waals surface area contributed by atoms with Gasteiger partial charge in [-0.15, -0.1) is 0 Å². The summed E-state index contributed by atoms with van der Waals surface area (Å²) in [5, 5.41) is 23.9. The fourth-order valence-corrected chi connectivity index (χ4v) is 2.40. The summed E-state index contributed by atoms with van der Waals surface area (Å²) < 4.78 is 0. The van der Waals surface area contributed by atoms with Gasteiger partial charge in [-0.25, -0.2) is 0 Å². The van der Waals surface area contributed by atoms with Crippen LogP contribution in [0.1, 0.15) is 10.4 Å². The number of rotatable bonds is 3. The minimum atomic E-state index is -0.692. The summed E-state index contributed by atoms with van der Waals surface area (Å²) in [7, 11) is 1.51. The standard InChI is InChI=1S/C12H14ClN3O4/c1-15(10-5-14-6-11(10)17)12(18)8-4-7(13)2-3-9(8)16(19)20/h2-4,10-11,14,17H,5-6H2,1H3/t10-,11-/m0/s1. The Morgan fingerprint density at radius 3 is 2.80 bits per heavy atom. The van der Waals surface area contributed by atoms with Crippen LogP contribution in [0.15, 0.2) is 18.2 Å². The molecule has 1 aromatic rings. The van der Waals surface area contributed by atoms with E-state index in [0.29, 0.717) is 13.1 Å². The molecule has 1 aromatic carbocycles. The van der Waals surface area contributed by atoms with Gasteiger partial charge in [-0.3, -0.25) is 14.9 Å². The van der Waals surface area contributed by atoms with Gasteiger partial charge in [-0.1, -0.05) is 11.6 Å². The number of amides is 1. The molecule has 0 radical (unpaired) electrons. The molecule has 2 atom stereocenters. The van der Waals surface area contributed by atoms with Gasteiger partial charge < -0.3 is 15.3 Å². The van der Waals surface area contributed by atoms with Crippen LogP contribution in [-0.4, -0.2) is 53.1 Å². The highest BCUT2D eigenvalue weighted by Gasteiger charge is 2.33. The first-order chi connectivity index (χ1) is 9.41. The van der Waals surface area contributed by atoms with E-state index >= 15 is 0 Å². The van der Waals surface area contributed by atoms with E-state index in [-0.39, 0.29) is 16.3 Å². The maximum atomic E-state index is 12.4. The lowest BCUT2D eigenvalue weighted by Gasteiger charge is -2.26. The Balaban J connectivity index is 2.33. The van der Waals surface area contributed by atoms with E-state index in [2.05, 4.69) is 5.32 Å². The zero-order chi connectivity index (χ0) is 14.9. The quantitative estimate of drug-likeness (QED) is 0.631. The van der Waals surface area contributed by atoms with E-state index in [9.17, 15) is 20.0 Å². The SMILES string of the molecule is CN(C(=O)c1cc(Cl)ccc1[N+](=O)[O-])[C@H]1CNC[C@@H]1O. The zero-order valence-electron chi connectivity index (χ0n) is 10.7. The summed E-state index contributed by atoms with van der Waals surface area (Å²) in [5.41, 5.74) is -0.379. The fraction of sp³-hybridized carbons (Fsp3) is 0.417. The molecule has 1 heterocycles. The molecule has 0 aliphatic carbocycles. The Hall–Kier alpha value is -1.70. The Labute approximate surface area is 120 Å². The van der Waals surface area contributed by atoms with Crippen molar-refractivity contribution in [3.8, 4) is 0 Å². The van der Waals surface area contributed by atoms with Crippen molar-refractivity contribution in [2.45, 2.75) is 12.1 Å². The molecule has 1 amide bonds. The van der Waals surface area contributed by atoms with E-state index in [1.54, 1.807) is 0 Å². The fourth-order valence-electron chi connectivity index (χ4n) is 2.23. The van der Waals surface area contributed by atoms with Crippen LogP contribution in [0.3, 0.4) is 0 Å². The Bertz CT molecular complexity index is 552. The molecule has 108 valence electrons. The normalized spacial score (nSPS) is 21.8. The van der Waals surface area contributed by atoms with Crippen molar-refractivity contribution in [1.82, 2.24) is 10.2 Å². The molecule has 2 rings (SSSR count). The predicted octanol–water partition coefficient (Wildman–Crippen LogP) is 0.653. The van der Waals surface area contributed by atoms with E-state index in [4.69, 9.17) is 11.6 Å². The monoisotopic (exact) mass is 299 g/mol. The van der Waals surface area contributed by atoms with Crippen molar-refractivity contribution in [3.05, 3.63) is 38.9 Å². The number of nitrogens with one attached hydrogen (secondary N) is 1. The highest BCUT2D eigenvalue weighted by Crippen LogP contribution is 2.25. The number of carbonyl (C=O) groups excluding carboxylic acids is 1. The number of hydrogen-bond donors (Lipinski definition) is 2. The van der Waals surface area contributed by atoms with Crippen LogP contribution >= 0.6 is 11.6 Å². The Morgan fingerprint density at radius 1 is 1.55 bits per heavy atom. The molecule has 0 spiro atoms. The number of likely N-dealkylation sites (N-methyl/N-ethyl adjacent to an activating group) is 1. The van der Waals surface area contributed by atoms with Crippen molar-refractivity contribution in [2.24, 2.45) is 0 Å². The lowest BCUT2D eigenvalue weighted by molar-refractivity contribution is -0.385. The van der Waals surface area contributed by atoms with Gasteiger partial charge in [0.05, 0.1) is 17.1 Å². The molecule has 1 fully saturated rings. The van der Waals surface area contributed by atoms with Crippen LogP contribution in [0.25, 0.3) is 0 Å². The molecule has 0 aromatic heterocycles. The topological polar surface area (TPSA) is 95.7 Å². The average Bonchev–Trinajstić information content (AvgIpc) is 2.82. The lowest BCUT2D eigenvalue weighted by atomic mass is 10.1. The minimum Gasteiger partial charge on any atom is -0.390 e. The van der Waals surface area contributed by atoms with Crippen LogP contribution in [0.2, 0.25) is 5.02 Å². The number of aliphatic hydroxyl groups excluding tert-OH is 1. The molecule has 0 saturated carbocycles. The van der Waals surface area contributed by atoms with Gasteiger partial charge in [0.1, 0.15) is 5.56 Å². The van der Waals surface area contributed by atoms with E-state index < -0.39 is 23.0 Å². The predicted molar refractivity (Wildman–Crippen MR) is 72.9 cm³/mol. The van der Waals surface area contributed by atoms with Gasteiger partial charge in [0.2, 0.25) is 0 Å². The summed E-state index contributed by atoms with van der Waals surface area (Å²) in [4.78, 5) is 24.0. The van der Waals surface area contributed by atoms with Crippen molar-refractivity contribution in [1.29, 1.82) is 0 Å². The molecule has 20 heavy (non-hydrogen) atoms. The maximum Gasteiger partial charge on any atom is 0.282 e. The lowest BCUT2D eigenvalue weighted by Crippen LogP contribution is -2.44. The van der Waals surface area contributed by atoms with E-state index in [0.717, 1.165) is 0 Å². The van der Waals surface area contributed by atoms with Crippen molar-refractivity contribution in [2.75, 3.05) is 20.1 Å². The van der Waals surface area contributed by atoms with E-state index in [1.807, 2.05) is 0 Å². The van der Waals surface area contributed by atoms with Gasteiger partial charge >= 0.3 is 0 Å². The van der Waals surface area contributed by atoms with Crippen molar-refractivity contribution >= 4 is 23.2 Å². The molecule has 8 heteroatoms. The third kappa shape index (κ3) is 2.74. The van der Waals surface area contributed by atoms with Gasteiger partial charge in [0.15, 0.2) is 0 Å². The third-order valence-corrected chi connectivity index (χ3v) is 3.59. The van der Waals surface area contributed by atoms with Crippen molar-refractivity contribution < 1.29 is 14.8 Å². The molecular formula is C12H14ClN3O4. The number of nitro groups is 1. The maximum absolute atomic E-state index is 12.4. The molecule has 7 nitrogen and oxygen atoms in total. The highest BCUT2D eigenvalue weighted by atomic mass is 35.5. The van der Waals surface area contributed by atoms with Gasteiger partial charge in [0.25, 0.3) is 11.6 Å². The van der Waals surface area contributed by atoms with Crippen LogP contribution < -0.4 is 5.32 Å². The van der Waals surface area contributed by atoms with Crippen LogP contribution in [0.5, 0.6) is 0 Å². The highest BCUT2D eigenvalue weighted by molar-refractivity contribution is 6.31. The number of benzene rings is 1. The van der Waals surface area contributed by atoms with Crippen LogP contribution in [0.4, 0.5) is 5.69 Å². The first-order valence-corrected chi connectivity index (χ1v) is 6.39. The summed E-state index contributed by atoms with van der Waals surface area (Å²) in [6.45, 7) is 0.831. The average molecular weight is 300 g/mol. The number of nitro benzene ring substituents is 1. The van der Waals surface area contributed by atoms with Crippen LogP contribution in [-0.2, 0) is 0 Å². The minimum absolute atomic E-state index is 0.0795. The van der Waals surface area contributed by atoms with Gasteiger partial charge in [0, 0.05) is 31.2 Å². The first-order valence-electron chi connectivity index (χ1n) is 6.01. The summed E-state index contributed by atoms with van der Waals surface area (Å²) in [6.07, 6.45) is -0.692. The molecule has 0 bridgehead atoms. The molecule has 1 aliphatic heterocycles. The number of hydrogen-bond acceptors (Lipinski definition) is 5. The second-order valence-corrected chi connectivity index (χ2v) is 5.06. The smallest absolute Gasteiger partial charge is 0.282 e. The number of nitrogens with zero attached hydrogens (tertiary/aromatic N) is 2. The number of carbonyl (C=O) groups is 1. The molecule has 2 N–H and O–H groups in total. The summed E-state index contributed by atoms with van der Waals surface area (Å²) in [6, 6.07) is 3.42. The number of β-amino-alcohol motifs (C(OH)–C–C–N with tert-alkyl or cyclic N) is 1. The first kappa shape index (κ1) is 14.7. The van der Waals surface area contributed by atoms with Gasteiger partial charge in [-0.2, -0.15) is 0 Å². The Kier molecular flexibility index (Phi) is 4.22. The van der Waals surface area contributed by atoms with Crippen molar-refractivity contribution in [3.63, 3.8) is 0 Å². The zero-order valence-corrected chi connectivity index (χ0v) is 11.5. The van der Waals surface area contributed by atoms with Gasteiger partial charge in [-0.05, 0) is 12.1 Å². The largest absolute Gasteiger partial charge is 0.390 e. The summed E-state index contributed by atoms with van der Waals surface area (Å²) in [5.74, 6) is -0.535. The molecule has 0 unspecified atom stereocenters. The van der Waals surface area contributed by atoms with E-state index in [1.165, 1.54) is 30.1 Å². The Morgan fingerprint density at radius 2 is 2.25 bits per heavy atom. The number of halogens is 1. The number of aliphatic hydroxyl groups is 1. The second kappa shape index (κ2) is 5.74. The second-order valence-electron chi connectivity index (χ2n) is 4.63. The van der Waals surface area contributed by atoms with Crippen LogP contribution in [0, 0.1) is 10.1 Å². The molecule has 1 saturated heterocycles. The summed E-state index contributed by atoms with van der Waals surface area (Å²) >= 11 is 5.80. The molecular weight excluding hydrogens is 286 g/mol.